The Hall–Kier alpha value is -2.91. The number of pyridine rings is 1. The van der Waals surface area contributed by atoms with Gasteiger partial charge in [0, 0.05) is 48.7 Å². The summed E-state index contributed by atoms with van der Waals surface area (Å²) in [6.45, 7) is 13.0. The highest BCUT2D eigenvalue weighted by Gasteiger charge is 2.26. The lowest BCUT2D eigenvalue weighted by Crippen LogP contribution is -2.46. The first-order valence-electron chi connectivity index (χ1n) is 10.8. The quantitative estimate of drug-likeness (QED) is 0.642. The summed E-state index contributed by atoms with van der Waals surface area (Å²) in [7, 11) is 2.19. The molecule has 1 saturated heterocycles. The molecule has 3 nitrogen and oxygen atoms in total. The summed E-state index contributed by atoms with van der Waals surface area (Å²) in [4.78, 5) is 9.69. The van der Waals surface area contributed by atoms with E-state index < -0.39 is 0 Å². The smallest absolute Gasteiger partial charge is 0.0730 e. The highest BCUT2D eigenvalue weighted by atomic mass is 15.2. The molecule has 1 aliphatic rings. The predicted octanol–water partition coefficient (Wildman–Crippen LogP) is 4.23. The Labute approximate surface area is 180 Å². The summed E-state index contributed by atoms with van der Waals surface area (Å²) >= 11 is 0. The molecule has 0 amide bonds. The zero-order valence-corrected chi connectivity index (χ0v) is 18.1. The van der Waals surface area contributed by atoms with Crippen LogP contribution in [0.4, 0.5) is 5.69 Å². The van der Waals surface area contributed by atoms with Gasteiger partial charge in [-0.25, -0.2) is 4.98 Å². The van der Waals surface area contributed by atoms with Gasteiger partial charge in [0.1, 0.15) is 0 Å². The maximum Gasteiger partial charge on any atom is 0.0730 e. The van der Waals surface area contributed by atoms with Crippen LogP contribution >= 0.6 is 0 Å². The van der Waals surface area contributed by atoms with Crippen molar-refractivity contribution in [1.82, 2.24) is 9.88 Å². The van der Waals surface area contributed by atoms with E-state index in [0.29, 0.717) is 12.1 Å². The molecular formula is C27H31N3. The van der Waals surface area contributed by atoms with Gasteiger partial charge in [0.05, 0.1) is 11.0 Å². The van der Waals surface area contributed by atoms with E-state index in [-0.39, 0.29) is 0 Å². The number of rotatable bonds is 5. The number of hydrogen-bond acceptors (Lipinski definition) is 3. The van der Waals surface area contributed by atoms with Crippen molar-refractivity contribution in [2.24, 2.45) is 0 Å². The zero-order chi connectivity index (χ0) is 21.1. The molecule has 0 N–H and O–H groups in total. The van der Waals surface area contributed by atoms with Crippen LogP contribution in [0, 0.1) is 0 Å². The summed E-state index contributed by atoms with van der Waals surface area (Å²) in [5.74, 6) is 0. The van der Waals surface area contributed by atoms with E-state index in [1.165, 1.54) is 5.56 Å². The van der Waals surface area contributed by atoms with Gasteiger partial charge < -0.3 is 4.90 Å². The average molecular weight is 398 g/mol. The minimum atomic E-state index is 0.456. The maximum absolute atomic E-state index is 4.69. The van der Waals surface area contributed by atoms with E-state index in [4.69, 9.17) is 4.98 Å². The van der Waals surface area contributed by atoms with Gasteiger partial charge in [0.15, 0.2) is 0 Å². The Kier molecular flexibility index (Phi) is 6.01. The summed E-state index contributed by atoms with van der Waals surface area (Å²) in [6.07, 6.45) is 2.28. The number of likely N-dealkylation sites (tertiary alicyclic amines) is 1. The highest BCUT2D eigenvalue weighted by Crippen LogP contribution is 2.27. The normalized spacial score (nSPS) is 16.3. The van der Waals surface area contributed by atoms with Gasteiger partial charge in [-0.15, -0.1) is 0 Å². The molecule has 1 aliphatic heterocycles. The van der Waals surface area contributed by atoms with Crippen molar-refractivity contribution in [2.45, 2.75) is 31.8 Å². The third-order valence-corrected chi connectivity index (χ3v) is 6.51. The molecule has 1 fully saturated rings. The van der Waals surface area contributed by atoms with Crippen molar-refractivity contribution in [2.75, 3.05) is 25.0 Å². The zero-order valence-electron chi connectivity index (χ0n) is 18.1. The van der Waals surface area contributed by atoms with Crippen LogP contribution in [0.3, 0.4) is 0 Å². The van der Waals surface area contributed by atoms with E-state index >= 15 is 0 Å². The Balaban J connectivity index is 1.50. The van der Waals surface area contributed by atoms with Crippen LogP contribution in [0.15, 0.2) is 66.7 Å². The molecule has 1 atom stereocenters. The van der Waals surface area contributed by atoms with Crippen LogP contribution in [-0.4, -0.2) is 36.1 Å². The molecule has 154 valence electrons. The lowest BCUT2D eigenvalue weighted by atomic mass is 9.98. The van der Waals surface area contributed by atoms with Crippen LogP contribution in [0.25, 0.3) is 24.4 Å². The Morgan fingerprint density at radius 2 is 1.57 bits per heavy atom. The topological polar surface area (TPSA) is 19.4 Å². The minimum absolute atomic E-state index is 0.456. The second-order valence-corrected chi connectivity index (χ2v) is 8.28. The molecule has 1 aromatic heterocycles. The van der Waals surface area contributed by atoms with Crippen LogP contribution in [-0.2, 0) is 0 Å². The maximum atomic E-state index is 4.69. The molecule has 0 radical (unpaired) electrons. The molecule has 4 rings (SSSR count). The predicted molar refractivity (Wildman–Crippen MR) is 128 cm³/mol. The number of piperidine rings is 1. The molecule has 2 aromatic carbocycles. The standard InChI is InChI=1S/C27H31N3/c1-20-21(2)28-26(24-13-9-6-10-14-24)19-27(20)29(4)25-15-17-30(18-16-25)22(3)23-11-7-5-8-12-23/h5-14,19,22,25H,1-2,15-18H2,3-4H3. The number of hydrogen-bond donors (Lipinski definition) is 0. The fourth-order valence-corrected chi connectivity index (χ4v) is 4.48. The largest absolute Gasteiger partial charge is 0.371 e. The van der Waals surface area contributed by atoms with Crippen molar-refractivity contribution >= 4 is 18.8 Å². The first-order chi connectivity index (χ1) is 14.5. The molecule has 0 bridgehead atoms. The molecule has 1 unspecified atom stereocenters. The van der Waals surface area contributed by atoms with Crippen molar-refractivity contribution in [1.29, 1.82) is 0 Å². The summed E-state index contributed by atoms with van der Waals surface area (Å²) in [6, 6.07) is 24.2. The van der Waals surface area contributed by atoms with Gasteiger partial charge in [-0.1, -0.05) is 73.8 Å². The number of aromatic nitrogens is 1. The third-order valence-electron chi connectivity index (χ3n) is 6.51. The monoisotopic (exact) mass is 397 g/mol. The van der Waals surface area contributed by atoms with Gasteiger partial charge in [0.25, 0.3) is 0 Å². The Morgan fingerprint density at radius 3 is 2.20 bits per heavy atom. The summed E-state index contributed by atoms with van der Waals surface area (Å²) < 4.78 is 0. The fraction of sp³-hybridized carbons (Fsp3) is 0.296. The number of nitrogens with zero attached hydrogens (tertiary/aromatic N) is 3. The van der Waals surface area contributed by atoms with Crippen LogP contribution in [0.2, 0.25) is 0 Å². The van der Waals surface area contributed by atoms with E-state index in [1.54, 1.807) is 0 Å². The van der Waals surface area contributed by atoms with Crippen molar-refractivity contribution in [3.05, 3.63) is 82.9 Å². The number of anilines is 1. The van der Waals surface area contributed by atoms with Crippen molar-refractivity contribution in [3.8, 4) is 11.3 Å². The van der Waals surface area contributed by atoms with Gasteiger partial charge in [-0.05, 0) is 31.4 Å². The molecule has 2 heterocycles. The second-order valence-electron chi connectivity index (χ2n) is 8.28. The fourth-order valence-electron chi connectivity index (χ4n) is 4.48. The van der Waals surface area contributed by atoms with E-state index in [1.807, 2.05) is 18.2 Å². The van der Waals surface area contributed by atoms with E-state index in [9.17, 15) is 0 Å². The first-order valence-corrected chi connectivity index (χ1v) is 10.8. The van der Waals surface area contributed by atoms with E-state index in [0.717, 1.165) is 53.4 Å². The van der Waals surface area contributed by atoms with Crippen LogP contribution < -0.4 is 15.5 Å². The lowest BCUT2D eigenvalue weighted by molar-refractivity contribution is 0.162. The summed E-state index contributed by atoms with van der Waals surface area (Å²) in [5.41, 5.74) is 4.62. The number of benzene rings is 2. The molecule has 0 saturated carbocycles. The average Bonchev–Trinajstić information content (AvgIpc) is 2.81. The summed E-state index contributed by atoms with van der Waals surface area (Å²) in [5, 5.41) is 1.69. The molecule has 0 spiro atoms. The Bertz CT molecular complexity index is 1070. The molecule has 0 aliphatic carbocycles. The third kappa shape index (κ3) is 4.17. The van der Waals surface area contributed by atoms with Crippen molar-refractivity contribution < 1.29 is 0 Å². The van der Waals surface area contributed by atoms with Crippen LogP contribution in [0.5, 0.6) is 0 Å². The van der Waals surface area contributed by atoms with Gasteiger partial charge >= 0.3 is 0 Å². The SMILES string of the molecule is C=c1nc(-c2ccccc2)cc(N(C)C2CCN(C(C)c3ccccc3)CC2)c1=C. The molecule has 3 heteroatoms. The Morgan fingerprint density at radius 1 is 0.967 bits per heavy atom. The highest BCUT2D eigenvalue weighted by molar-refractivity contribution is 5.65. The molecular weight excluding hydrogens is 366 g/mol. The molecule has 3 aromatic rings. The van der Waals surface area contributed by atoms with Crippen LogP contribution in [0.1, 0.15) is 31.4 Å². The van der Waals surface area contributed by atoms with Gasteiger partial charge in [-0.2, -0.15) is 0 Å². The molecule has 30 heavy (non-hydrogen) atoms. The van der Waals surface area contributed by atoms with Gasteiger partial charge in [0.2, 0.25) is 0 Å². The second kappa shape index (κ2) is 8.85. The van der Waals surface area contributed by atoms with E-state index in [2.05, 4.69) is 85.5 Å². The van der Waals surface area contributed by atoms with Gasteiger partial charge in [-0.3, -0.25) is 4.90 Å². The lowest BCUT2D eigenvalue weighted by Gasteiger charge is -2.40. The first kappa shape index (κ1) is 20.4. The minimum Gasteiger partial charge on any atom is -0.371 e. The van der Waals surface area contributed by atoms with Crippen molar-refractivity contribution in [3.63, 3.8) is 0 Å².